The van der Waals surface area contributed by atoms with Gasteiger partial charge in [-0.2, -0.15) is 4.31 Å². The van der Waals surface area contributed by atoms with Gasteiger partial charge in [-0.25, -0.2) is 8.42 Å². The monoisotopic (exact) mass is 471 g/mol. The van der Waals surface area contributed by atoms with Gasteiger partial charge in [0.05, 0.1) is 4.90 Å². The number of hydrogen-bond acceptors (Lipinski definition) is 4. The number of aryl methyl sites for hydroxylation is 3. The van der Waals surface area contributed by atoms with E-state index in [0.717, 1.165) is 11.1 Å². The second-order valence-corrected chi connectivity index (χ2v) is 11.0. The highest BCUT2D eigenvalue weighted by atomic mass is 32.2. The van der Waals surface area contributed by atoms with Crippen LogP contribution in [0.1, 0.15) is 40.9 Å². The van der Waals surface area contributed by atoms with Gasteiger partial charge in [-0.3, -0.25) is 9.59 Å². The molecule has 0 unspecified atom stereocenters. The van der Waals surface area contributed by atoms with Crippen LogP contribution in [0.25, 0.3) is 0 Å². The molecule has 1 heterocycles. The SMILES string of the molecule is Cc1ccc(C(=O)N[C@@H](C(=O)N2CCN(S(=O)(=O)c3cc(C)ccc3C)CC2)C(C)C)cc1. The van der Waals surface area contributed by atoms with Crippen LogP contribution >= 0.6 is 0 Å². The molecule has 2 aromatic carbocycles. The quantitative estimate of drug-likeness (QED) is 0.702. The highest BCUT2D eigenvalue weighted by molar-refractivity contribution is 7.89. The van der Waals surface area contributed by atoms with E-state index in [1.54, 1.807) is 30.0 Å². The summed E-state index contributed by atoms with van der Waals surface area (Å²) in [6.07, 6.45) is 0. The number of sulfonamides is 1. The molecule has 1 aliphatic heterocycles. The second-order valence-electron chi connectivity index (χ2n) is 9.06. The van der Waals surface area contributed by atoms with Crippen LogP contribution in [-0.4, -0.2) is 61.7 Å². The molecule has 1 aliphatic rings. The third-order valence-electron chi connectivity index (χ3n) is 6.04. The molecular weight excluding hydrogens is 438 g/mol. The van der Waals surface area contributed by atoms with Crippen LogP contribution < -0.4 is 5.32 Å². The summed E-state index contributed by atoms with van der Waals surface area (Å²) in [6, 6.07) is 11.9. The molecule has 0 radical (unpaired) electrons. The van der Waals surface area contributed by atoms with Crippen molar-refractivity contribution in [3.8, 4) is 0 Å². The zero-order chi connectivity index (χ0) is 24.3. The fourth-order valence-corrected chi connectivity index (χ4v) is 5.64. The number of carbonyl (C=O) groups excluding carboxylic acids is 2. The maximum absolute atomic E-state index is 13.2. The lowest BCUT2D eigenvalue weighted by Crippen LogP contribution is -2.57. The van der Waals surface area contributed by atoms with Crippen molar-refractivity contribution < 1.29 is 18.0 Å². The highest BCUT2D eigenvalue weighted by Crippen LogP contribution is 2.23. The van der Waals surface area contributed by atoms with Crippen molar-refractivity contribution in [3.05, 3.63) is 64.7 Å². The molecular formula is C25H33N3O4S. The van der Waals surface area contributed by atoms with Gasteiger partial charge in [0.1, 0.15) is 6.04 Å². The molecule has 33 heavy (non-hydrogen) atoms. The average Bonchev–Trinajstić information content (AvgIpc) is 2.78. The van der Waals surface area contributed by atoms with Crippen molar-refractivity contribution in [2.45, 2.75) is 45.6 Å². The number of amides is 2. The first-order valence-corrected chi connectivity index (χ1v) is 12.7. The first-order chi connectivity index (χ1) is 15.5. The Bertz CT molecular complexity index is 1120. The number of rotatable bonds is 6. The van der Waals surface area contributed by atoms with E-state index in [1.165, 1.54) is 4.31 Å². The molecule has 1 N–H and O–H groups in total. The molecule has 0 bridgehead atoms. The van der Waals surface area contributed by atoms with Crippen molar-refractivity contribution in [2.24, 2.45) is 5.92 Å². The van der Waals surface area contributed by atoms with E-state index in [2.05, 4.69) is 5.32 Å². The zero-order valence-corrected chi connectivity index (χ0v) is 20.8. The largest absolute Gasteiger partial charge is 0.340 e. The molecule has 1 atom stereocenters. The number of hydrogen-bond donors (Lipinski definition) is 1. The fraction of sp³-hybridized carbons (Fsp3) is 0.440. The summed E-state index contributed by atoms with van der Waals surface area (Å²) in [5, 5.41) is 2.87. The molecule has 0 spiro atoms. The number of carbonyl (C=O) groups is 2. The normalized spacial score (nSPS) is 16.0. The Morgan fingerprint density at radius 2 is 1.45 bits per heavy atom. The maximum atomic E-state index is 13.2. The minimum atomic E-state index is -3.63. The Balaban J connectivity index is 1.68. The molecule has 178 valence electrons. The van der Waals surface area contributed by atoms with Gasteiger partial charge in [0, 0.05) is 31.7 Å². The summed E-state index contributed by atoms with van der Waals surface area (Å²) in [5.41, 5.74) is 3.15. The van der Waals surface area contributed by atoms with Crippen LogP contribution in [0.2, 0.25) is 0 Å². The van der Waals surface area contributed by atoms with Gasteiger partial charge < -0.3 is 10.2 Å². The average molecular weight is 472 g/mol. The lowest BCUT2D eigenvalue weighted by Gasteiger charge is -2.37. The molecule has 8 heteroatoms. The second kappa shape index (κ2) is 10.1. The maximum Gasteiger partial charge on any atom is 0.251 e. The third-order valence-corrected chi connectivity index (χ3v) is 8.09. The lowest BCUT2D eigenvalue weighted by molar-refractivity contribution is -0.135. The lowest BCUT2D eigenvalue weighted by atomic mass is 10.0. The van der Waals surface area contributed by atoms with Crippen LogP contribution in [0.3, 0.4) is 0 Å². The fourth-order valence-electron chi connectivity index (χ4n) is 3.91. The third kappa shape index (κ3) is 5.62. The van der Waals surface area contributed by atoms with E-state index in [1.807, 2.05) is 52.0 Å². The molecule has 1 saturated heterocycles. The molecule has 0 saturated carbocycles. The number of nitrogens with one attached hydrogen (secondary N) is 1. The summed E-state index contributed by atoms with van der Waals surface area (Å²) >= 11 is 0. The first-order valence-electron chi connectivity index (χ1n) is 11.2. The van der Waals surface area contributed by atoms with Gasteiger partial charge in [0.25, 0.3) is 5.91 Å². The van der Waals surface area contributed by atoms with Crippen LogP contribution in [0.15, 0.2) is 47.4 Å². The van der Waals surface area contributed by atoms with E-state index in [0.29, 0.717) is 16.0 Å². The number of benzene rings is 2. The predicted molar refractivity (Wildman–Crippen MR) is 129 cm³/mol. The molecule has 0 aromatic heterocycles. The molecule has 3 rings (SSSR count). The van der Waals surface area contributed by atoms with Crippen molar-refractivity contribution in [1.82, 2.24) is 14.5 Å². The van der Waals surface area contributed by atoms with Crippen molar-refractivity contribution in [3.63, 3.8) is 0 Å². The van der Waals surface area contributed by atoms with Gasteiger partial charge in [-0.15, -0.1) is 0 Å². The minimum Gasteiger partial charge on any atom is -0.340 e. The van der Waals surface area contributed by atoms with Crippen molar-refractivity contribution in [1.29, 1.82) is 0 Å². The summed E-state index contributed by atoms with van der Waals surface area (Å²) < 4.78 is 27.8. The standard InChI is InChI=1S/C25H33N3O4S/c1-17(2)23(26-24(29)21-10-7-18(3)8-11-21)25(30)27-12-14-28(15-13-27)33(31,32)22-16-19(4)6-9-20(22)5/h6-11,16-17,23H,12-15H2,1-5H3,(H,26,29)/t23-/m1/s1. The van der Waals surface area contributed by atoms with E-state index >= 15 is 0 Å². The van der Waals surface area contributed by atoms with Crippen LogP contribution in [0.5, 0.6) is 0 Å². The highest BCUT2D eigenvalue weighted by Gasteiger charge is 2.34. The summed E-state index contributed by atoms with van der Waals surface area (Å²) in [4.78, 5) is 27.9. The van der Waals surface area contributed by atoms with Gasteiger partial charge in [0.15, 0.2) is 0 Å². The summed E-state index contributed by atoms with van der Waals surface area (Å²) in [7, 11) is -3.63. The van der Waals surface area contributed by atoms with E-state index < -0.39 is 16.1 Å². The molecule has 2 amide bonds. The number of nitrogens with zero attached hydrogens (tertiary/aromatic N) is 2. The van der Waals surface area contributed by atoms with E-state index in [4.69, 9.17) is 0 Å². The summed E-state index contributed by atoms with van der Waals surface area (Å²) in [5.74, 6) is -0.587. The molecule has 0 aliphatic carbocycles. The Morgan fingerprint density at radius 3 is 2.03 bits per heavy atom. The van der Waals surface area contributed by atoms with Gasteiger partial charge in [-0.05, 0) is 56.0 Å². The topological polar surface area (TPSA) is 86.8 Å². The van der Waals surface area contributed by atoms with E-state index in [9.17, 15) is 18.0 Å². The van der Waals surface area contributed by atoms with E-state index in [-0.39, 0.29) is 43.9 Å². The predicted octanol–water partition coefficient (Wildman–Crippen LogP) is 2.90. The first kappa shape index (κ1) is 24.9. The van der Waals surface area contributed by atoms with Crippen LogP contribution in [0.4, 0.5) is 0 Å². The zero-order valence-electron chi connectivity index (χ0n) is 20.0. The van der Waals surface area contributed by atoms with Gasteiger partial charge in [0.2, 0.25) is 15.9 Å². The van der Waals surface area contributed by atoms with Crippen LogP contribution in [0, 0.1) is 26.7 Å². The number of piperazine rings is 1. The van der Waals surface area contributed by atoms with Gasteiger partial charge in [-0.1, -0.05) is 43.7 Å². The molecule has 7 nitrogen and oxygen atoms in total. The smallest absolute Gasteiger partial charge is 0.251 e. The molecule has 2 aromatic rings. The Morgan fingerprint density at radius 1 is 0.879 bits per heavy atom. The minimum absolute atomic E-state index is 0.108. The van der Waals surface area contributed by atoms with Crippen molar-refractivity contribution >= 4 is 21.8 Å². The molecule has 1 fully saturated rings. The van der Waals surface area contributed by atoms with Gasteiger partial charge >= 0.3 is 0 Å². The van der Waals surface area contributed by atoms with Crippen molar-refractivity contribution in [2.75, 3.05) is 26.2 Å². The Kier molecular flexibility index (Phi) is 7.59. The Labute approximate surface area is 196 Å². The van der Waals surface area contributed by atoms with Crippen LogP contribution in [-0.2, 0) is 14.8 Å². The summed E-state index contributed by atoms with van der Waals surface area (Å²) in [6.45, 7) is 10.4. The Hall–Kier alpha value is -2.71.